The topological polar surface area (TPSA) is 0 Å². The monoisotopic (exact) mass is 1160 g/mol. The molecular formula is C72H60Ni2P4. The molecule has 0 fully saturated rings. The molecule has 0 saturated heterocycles. The van der Waals surface area contributed by atoms with Crippen molar-refractivity contribution >= 4 is 95.3 Å². The molecule has 6 heteroatoms. The Morgan fingerprint density at radius 3 is 0.231 bits per heavy atom. The molecule has 0 heterocycles. The molecule has 0 spiro atoms. The number of hydrogen-bond donors (Lipinski definition) is 0. The van der Waals surface area contributed by atoms with Gasteiger partial charge >= 0.3 is 0 Å². The molecule has 78 heavy (non-hydrogen) atoms. The van der Waals surface area contributed by atoms with Crippen molar-refractivity contribution in [1.82, 2.24) is 0 Å². The second-order valence-electron chi connectivity index (χ2n) is 17.4. The predicted molar refractivity (Wildman–Crippen MR) is 341 cm³/mol. The van der Waals surface area contributed by atoms with Crippen LogP contribution in [0.15, 0.2) is 364 Å². The summed E-state index contributed by atoms with van der Waals surface area (Å²) in [6.45, 7) is 0. The molecule has 0 N–H and O–H groups in total. The summed E-state index contributed by atoms with van der Waals surface area (Å²) < 4.78 is 0. The van der Waals surface area contributed by atoms with Crippen LogP contribution in [-0.2, 0) is 33.0 Å². The zero-order chi connectivity index (χ0) is 51.7. The summed E-state index contributed by atoms with van der Waals surface area (Å²) >= 11 is 0. The number of benzene rings is 12. The second kappa shape index (κ2) is 32.9. The first-order valence-corrected chi connectivity index (χ1v) is 31.0. The van der Waals surface area contributed by atoms with Gasteiger partial charge in [0.2, 0.25) is 0 Å². The smallest absolute Gasteiger partial charge is 0 e. The van der Waals surface area contributed by atoms with Gasteiger partial charge in [0.1, 0.15) is 0 Å². The summed E-state index contributed by atoms with van der Waals surface area (Å²) in [6.07, 6.45) is 0. The SMILES string of the molecule is [Ni].[Ni].c1ccc(P(c2ccccc2)c2ccccc2)cc1.c1ccc(P(c2ccccc2)c2ccccc2)cc1.c1ccc(P(c2ccccc2)c2ccccc2)cc1.c1ccc(P(c2ccccc2)c2ccccc2)cc1. The Morgan fingerprint density at radius 1 is 0.103 bits per heavy atom. The standard InChI is InChI=1S/4C18H15P.2Ni/c4*1-4-10-16(11-5-1)19(17-12-6-2-7-13-17)18-14-8-3-9-15-18;;/h4*1-15H;;. The van der Waals surface area contributed by atoms with Crippen LogP contribution in [0.3, 0.4) is 0 Å². The van der Waals surface area contributed by atoms with Gasteiger partial charge in [0.05, 0.1) is 0 Å². The minimum Gasteiger partial charge on any atom is -0.0622 e. The van der Waals surface area contributed by atoms with Crippen molar-refractivity contribution in [3.05, 3.63) is 364 Å². The zero-order valence-electron chi connectivity index (χ0n) is 43.1. The Balaban J connectivity index is 0.000000149. The first-order valence-electron chi connectivity index (χ1n) is 25.6. The Bertz CT molecular complexity index is 2580. The van der Waals surface area contributed by atoms with Crippen molar-refractivity contribution in [3.63, 3.8) is 0 Å². The van der Waals surface area contributed by atoms with E-state index in [1.54, 1.807) is 0 Å². The van der Waals surface area contributed by atoms with Crippen molar-refractivity contribution in [1.29, 1.82) is 0 Å². The van der Waals surface area contributed by atoms with Gasteiger partial charge in [-0.3, -0.25) is 0 Å². The van der Waals surface area contributed by atoms with Gasteiger partial charge in [-0.2, -0.15) is 0 Å². The van der Waals surface area contributed by atoms with Crippen molar-refractivity contribution in [2.75, 3.05) is 0 Å². The second-order valence-corrected chi connectivity index (χ2v) is 26.2. The Hall–Kier alpha value is -6.65. The average Bonchev–Trinajstić information content (AvgIpc) is 3.51. The van der Waals surface area contributed by atoms with Crippen LogP contribution < -0.4 is 63.7 Å². The maximum atomic E-state index is 2.23. The van der Waals surface area contributed by atoms with Gasteiger partial charge in [0, 0.05) is 33.0 Å². The fraction of sp³-hybridized carbons (Fsp3) is 0. The van der Waals surface area contributed by atoms with Gasteiger partial charge < -0.3 is 0 Å². The summed E-state index contributed by atoms with van der Waals surface area (Å²) in [5.41, 5.74) is 0. The average molecular weight is 1170 g/mol. The van der Waals surface area contributed by atoms with Crippen molar-refractivity contribution in [2.24, 2.45) is 0 Å². The van der Waals surface area contributed by atoms with Crippen LogP contribution in [0.2, 0.25) is 0 Å². The largest absolute Gasteiger partial charge is 0.0622 e. The van der Waals surface area contributed by atoms with E-state index in [0.717, 1.165) is 0 Å². The molecule has 0 nitrogen and oxygen atoms in total. The maximum Gasteiger partial charge on any atom is 0 e. The molecular weight excluding hydrogens is 1110 g/mol. The Labute approximate surface area is 488 Å². The van der Waals surface area contributed by atoms with Gasteiger partial charge in [0.25, 0.3) is 0 Å². The van der Waals surface area contributed by atoms with Crippen LogP contribution in [0.25, 0.3) is 0 Å². The quantitative estimate of drug-likeness (QED) is 0.0845. The van der Waals surface area contributed by atoms with E-state index in [2.05, 4.69) is 364 Å². The predicted octanol–water partition coefficient (Wildman–Crippen LogP) is 13.8. The van der Waals surface area contributed by atoms with Crippen LogP contribution in [0.1, 0.15) is 0 Å². The van der Waals surface area contributed by atoms with E-state index in [1.807, 2.05) is 0 Å². The number of hydrogen-bond acceptors (Lipinski definition) is 0. The van der Waals surface area contributed by atoms with E-state index in [-0.39, 0.29) is 33.0 Å². The summed E-state index contributed by atoms with van der Waals surface area (Å²) in [5, 5.41) is 16.8. The molecule has 12 rings (SSSR count). The maximum absolute atomic E-state index is 2.23. The molecule has 0 amide bonds. The number of rotatable bonds is 12. The Kier molecular flexibility index (Phi) is 24.9. The zero-order valence-corrected chi connectivity index (χ0v) is 48.6. The first kappa shape index (κ1) is 59.0. The minimum absolute atomic E-state index is 0. The fourth-order valence-corrected chi connectivity index (χ4v) is 17.9. The Morgan fingerprint density at radius 2 is 0.167 bits per heavy atom. The molecule has 12 aromatic rings. The van der Waals surface area contributed by atoms with E-state index in [1.165, 1.54) is 63.7 Å². The molecule has 0 aliphatic carbocycles. The summed E-state index contributed by atoms with van der Waals surface area (Å²) in [7, 11) is -1.78. The van der Waals surface area contributed by atoms with Gasteiger partial charge in [0.15, 0.2) is 0 Å². The normalized spacial score (nSPS) is 10.3. The third-order valence-corrected chi connectivity index (χ3v) is 21.9. The minimum atomic E-state index is -0.446. The van der Waals surface area contributed by atoms with Crippen molar-refractivity contribution in [2.45, 2.75) is 0 Å². The van der Waals surface area contributed by atoms with E-state index in [0.29, 0.717) is 0 Å². The van der Waals surface area contributed by atoms with E-state index in [9.17, 15) is 0 Å². The molecule has 0 aliphatic rings. The first-order chi connectivity index (χ1) is 37.8. The van der Waals surface area contributed by atoms with E-state index >= 15 is 0 Å². The van der Waals surface area contributed by atoms with E-state index < -0.39 is 31.7 Å². The van der Waals surface area contributed by atoms with E-state index in [4.69, 9.17) is 0 Å². The van der Waals surface area contributed by atoms with Crippen molar-refractivity contribution in [3.8, 4) is 0 Å². The molecule has 0 atom stereocenters. The van der Waals surface area contributed by atoms with Gasteiger partial charge in [-0.1, -0.05) is 364 Å². The molecule has 0 aromatic heterocycles. The molecule has 0 radical (unpaired) electrons. The third-order valence-electron chi connectivity index (χ3n) is 12.2. The van der Waals surface area contributed by atoms with Gasteiger partial charge in [-0.05, 0) is 95.3 Å². The molecule has 0 aliphatic heterocycles. The molecule has 0 unspecified atom stereocenters. The summed E-state index contributed by atoms with van der Waals surface area (Å²) in [6, 6.07) is 129. The van der Waals surface area contributed by atoms with Crippen LogP contribution in [0, 0.1) is 0 Å². The van der Waals surface area contributed by atoms with Crippen LogP contribution in [-0.4, -0.2) is 0 Å². The molecule has 12 aromatic carbocycles. The van der Waals surface area contributed by atoms with Gasteiger partial charge in [-0.25, -0.2) is 0 Å². The molecule has 0 saturated carbocycles. The van der Waals surface area contributed by atoms with Gasteiger partial charge in [-0.15, -0.1) is 0 Å². The van der Waals surface area contributed by atoms with Crippen molar-refractivity contribution < 1.29 is 33.0 Å². The summed E-state index contributed by atoms with van der Waals surface area (Å²) in [5.74, 6) is 0. The van der Waals surface area contributed by atoms with Crippen LogP contribution in [0.4, 0.5) is 0 Å². The van der Waals surface area contributed by atoms with Crippen LogP contribution in [0.5, 0.6) is 0 Å². The third kappa shape index (κ3) is 17.2. The molecule has 0 bridgehead atoms. The fourth-order valence-electron chi connectivity index (χ4n) is 8.71. The van der Waals surface area contributed by atoms with Crippen LogP contribution >= 0.6 is 31.7 Å². The summed E-state index contributed by atoms with van der Waals surface area (Å²) in [4.78, 5) is 0. The molecule has 388 valence electrons.